The van der Waals surface area contributed by atoms with Gasteiger partial charge in [-0.3, -0.25) is 0 Å². The summed E-state index contributed by atoms with van der Waals surface area (Å²) in [7, 11) is 0. The first-order chi connectivity index (χ1) is 6.91. The molecule has 0 atom stereocenters. The Morgan fingerprint density at radius 2 is 2.07 bits per heavy atom. The molecule has 1 fully saturated rings. The van der Waals surface area contributed by atoms with Crippen molar-refractivity contribution < 1.29 is 0 Å². The van der Waals surface area contributed by atoms with Crippen molar-refractivity contribution in [3.05, 3.63) is 17.7 Å². The van der Waals surface area contributed by atoms with Gasteiger partial charge in [-0.1, -0.05) is 0 Å². The van der Waals surface area contributed by atoms with Gasteiger partial charge in [0, 0.05) is 18.7 Å². The van der Waals surface area contributed by atoms with Gasteiger partial charge in [0.25, 0.3) is 0 Å². The molecule has 4 heteroatoms. The lowest BCUT2D eigenvalue weighted by molar-refractivity contribution is 0.228. The molecule has 1 aromatic rings. The number of rotatable bonds is 0. The zero-order valence-electron chi connectivity index (χ0n) is 8.27. The number of hydrogen-bond acceptors (Lipinski definition) is 3. The Morgan fingerprint density at radius 3 is 2.93 bits per heavy atom. The number of fused-ring (bicyclic) bond motifs is 2. The summed E-state index contributed by atoms with van der Waals surface area (Å²) in [5.74, 6) is 0. The van der Waals surface area contributed by atoms with Crippen molar-refractivity contribution in [1.29, 1.82) is 0 Å². The first-order valence-corrected chi connectivity index (χ1v) is 5.39. The van der Waals surface area contributed by atoms with Gasteiger partial charge in [0.05, 0.1) is 17.6 Å². The fourth-order valence-electron chi connectivity index (χ4n) is 2.70. The number of imidazole rings is 1. The van der Waals surface area contributed by atoms with Crippen LogP contribution in [0.15, 0.2) is 6.33 Å². The average molecular weight is 192 g/mol. The third-order valence-electron chi connectivity index (χ3n) is 3.47. The summed E-state index contributed by atoms with van der Waals surface area (Å²) in [4.78, 5) is 7.75. The molecule has 3 heterocycles. The summed E-state index contributed by atoms with van der Waals surface area (Å²) in [5.41, 5.74) is 2.77. The Kier molecular flexibility index (Phi) is 1.85. The highest BCUT2D eigenvalue weighted by atomic mass is 15.1. The van der Waals surface area contributed by atoms with Gasteiger partial charge in [-0.2, -0.15) is 0 Å². The van der Waals surface area contributed by atoms with Crippen molar-refractivity contribution in [2.75, 3.05) is 19.6 Å². The Bertz CT molecular complexity index is 325. The molecule has 2 aliphatic rings. The Morgan fingerprint density at radius 1 is 1.21 bits per heavy atom. The summed E-state index contributed by atoms with van der Waals surface area (Å²) in [6.45, 7) is 3.27. The minimum Gasteiger partial charge on any atom is -0.348 e. The van der Waals surface area contributed by atoms with Gasteiger partial charge in [0.2, 0.25) is 0 Å². The van der Waals surface area contributed by atoms with Crippen LogP contribution in [0.1, 0.15) is 24.2 Å². The van der Waals surface area contributed by atoms with Crippen LogP contribution in [0, 0.1) is 0 Å². The monoisotopic (exact) mass is 192 g/mol. The van der Waals surface area contributed by atoms with Gasteiger partial charge >= 0.3 is 0 Å². The summed E-state index contributed by atoms with van der Waals surface area (Å²) >= 11 is 0. The van der Waals surface area contributed by atoms with Crippen molar-refractivity contribution in [3.8, 4) is 0 Å². The van der Waals surface area contributed by atoms with Crippen molar-refractivity contribution in [2.24, 2.45) is 0 Å². The summed E-state index contributed by atoms with van der Waals surface area (Å²) in [6, 6.07) is 0. The number of hydrogen-bond donors (Lipinski definition) is 3. The SMILES string of the molecule is c1nc2c([nH]1)CCNC21CCNCC1. The number of H-pyrrole nitrogens is 1. The smallest absolute Gasteiger partial charge is 0.0926 e. The van der Waals surface area contributed by atoms with Crippen LogP contribution in [0.5, 0.6) is 0 Å². The highest BCUT2D eigenvalue weighted by molar-refractivity contribution is 5.26. The molecule has 1 aromatic heterocycles. The van der Waals surface area contributed by atoms with Crippen molar-refractivity contribution in [3.63, 3.8) is 0 Å². The molecule has 3 N–H and O–H groups in total. The molecule has 0 radical (unpaired) electrons. The van der Waals surface area contributed by atoms with E-state index in [9.17, 15) is 0 Å². The lowest BCUT2D eigenvalue weighted by atomic mass is 9.81. The molecular weight excluding hydrogens is 176 g/mol. The Labute approximate surface area is 83.5 Å². The maximum Gasteiger partial charge on any atom is 0.0926 e. The van der Waals surface area contributed by atoms with Gasteiger partial charge in [0.15, 0.2) is 0 Å². The molecule has 0 unspecified atom stereocenters. The molecule has 76 valence electrons. The topological polar surface area (TPSA) is 52.7 Å². The van der Waals surface area contributed by atoms with Crippen LogP contribution in [-0.2, 0) is 12.0 Å². The largest absolute Gasteiger partial charge is 0.348 e. The van der Waals surface area contributed by atoms with Crippen LogP contribution >= 0.6 is 0 Å². The number of piperidine rings is 1. The third kappa shape index (κ3) is 1.11. The first-order valence-electron chi connectivity index (χ1n) is 5.39. The minimum absolute atomic E-state index is 0.166. The predicted molar refractivity (Wildman–Crippen MR) is 54.1 cm³/mol. The van der Waals surface area contributed by atoms with Crippen LogP contribution in [0.4, 0.5) is 0 Å². The third-order valence-corrected chi connectivity index (χ3v) is 3.47. The van der Waals surface area contributed by atoms with E-state index in [-0.39, 0.29) is 5.54 Å². The second kappa shape index (κ2) is 3.07. The van der Waals surface area contributed by atoms with Crippen molar-refractivity contribution in [2.45, 2.75) is 24.8 Å². The lowest BCUT2D eigenvalue weighted by Crippen LogP contribution is -2.53. The standard InChI is InChI=1S/C10H16N4/c1-4-14-10(2-5-11-6-3-10)9-8(1)12-7-13-9/h7,11,14H,1-6H2,(H,12,13). The molecule has 14 heavy (non-hydrogen) atoms. The number of nitrogens with zero attached hydrogens (tertiary/aromatic N) is 1. The quantitative estimate of drug-likeness (QED) is 0.548. The molecule has 0 amide bonds. The summed E-state index contributed by atoms with van der Waals surface area (Å²) < 4.78 is 0. The maximum absolute atomic E-state index is 4.49. The molecule has 3 rings (SSSR count). The fourth-order valence-corrected chi connectivity index (χ4v) is 2.70. The molecule has 2 aliphatic heterocycles. The molecule has 0 aromatic carbocycles. The van der Waals surface area contributed by atoms with E-state index < -0.39 is 0 Å². The summed E-state index contributed by atoms with van der Waals surface area (Å²) in [5, 5.41) is 7.06. The zero-order chi connectivity index (χ0) is 9.43. The van der Waals surface area contributed by atoms with E-state index in [2.05, 4.69) is 20.6 Å². The second-order valence-electron chi connectivity index (χ2n) is 4.24. The van der Waals surface area contributed by atoms with E-state index >= 15 is 0 Å². The minimum atomic E-state index is 0.166. The highest BCUT2D eigenvalue weighted by Crippen LogP contribution is 2.33. The molecular formula is C10H16N4. The lowest BCUT2D eigenvalue weighted by Gasteiger charge is -2.40. The van der Waals surface area contributed by atoms with E-state index in [0.29, 0.717) is 0 Å². The van der Waals surface area contributed by atoms with Gasteiger partial charge < -0.3 is 15.6 Å². The Balaban J connectivity index is 2.01. The molecule has 4 nitrogen and oxygen atoms in total. The van der Waals surface area contributed by atoms with Crippen LogP contribution in [0.2, 0.25) is 0 Å². The summed E-state index contributed by atoms with van der Waals surface area (Å²) in [6.07, 6.45) is 5.24. The first kappa shape index (κ1) is 8.44. The van der Waals surface area contributed by atoms with Crippen LogP contribution < -0.4 is 10.6 Å². The van der Waals surface area contributed by atoms with Crippen LogP contribution in [0.3, 0.4) is 0 Å². The van der Waals surface area contributed by atoms with E-state index in [4.69, 9.17) is 0 Å². The normalized spacial score (nSPS) is 24.9. The molecule has 1 spiro atoms. The zero-order valence-corrected chi connectivity index (χ0v) is 8.27. The van der Waals surface area contributed by atoms with Gasteiger partial charge in [-0.15, -0.1) is 0 Å². The Hall–Kier alpha value is -0.870. The number of aromatic nitrogens is 2. The van der Waals surface area contributed by atoms with Gasteiger partial charge in [-0.05, 0) is 25.9 Å². The van der Waals surface area contributed by atoms with Crippen LogP contribution in [0.25, 0.3) is 0 Å². The highest BCUT2D eigenvalue weighted by Gasteiger charge is 2.39. The fraction of sp³-hybridized carbons (Fsp3) is 0.700. The second-order valence-corrected chi connectivity index (χ2v) is 4.24. The van der Waals surface area contributed by atoms with Crippen molar-refractivity contribution in [1.82, 2.24) is 20.6 Å². The van der Waals surface area contributed by atoms with Gasteiger partial charge in [-0.25, -0.2) is 4.98 Å². The van der Waals surface area contributed by atoms with E-state index in [1.54, 1.807) is 0 Å². The maximum atomic E-state index is 4.49. The number of aromatic amines is 1. The van der Waals surface area contributed by atoms with Gasteiger partial charge in [0.1, 0.15) is 0 Å². The van der Waals surface area contributed by atoms with Crippen LogP contribution in [-0.4, -0.2) is 29.6 Å². The van der Waals surface area contributed by atoms with E-state index in [0.717, 1.165) is 38.9 Å². The number of nitrogens with one attached hydrogen (secondary N) is 3. The van der Waals surface area contributed by atoms with Crippen molar-refractivity contribution >= 4 is 0 Å². The molecule has 1 saturated heterocycles. The molecule has 0 bridgehead atoms. The predicted octanol–water partition coefficient (Wildman–Crippen LogP) is 0.134. The van der Waals surface area contributed by atoms with E-state index in [1.165, 1.54) is 11.4 Å². The molecule has 0 aliphatic carbocycles. The van der Waals surface area contributed by atoms with E-state index in [1.807, 2.05) is 6.33 Å². The average Bonchev–Trinajstić information content (AvgIpc) is 2.69. The molecule has 0 saturated carbocycles.